The second-order valence-electron chi connectivity index (χ2n) is 6.15. The van der Waals surface area contributed by atoms with Crippen LogP contribution in [0.15, 0.2) is 53.0 Å². The smallest absolute Gasteiger partial charge is 0.315 e. The zero-order chi connectivity index (χ0) is 19.1. The van der Waals surface area contributed by atoms with Crippen molar-refractivity contribution in [3.63, 3.8) is 0 Å². The molecule has 0 aliphatic carbocycles. The molecule has 2 aromatic carbocycles. The van der Waals surface area contributed by atoms with E-state index >= 15 is 0 Å². The van der Waals surface area contributed by atoms with E-state index in [4.69, 9.17) is 0 Å². The molecule has 0 aromatic heterocycles. The quantitative estimate of drug-likeness (QED) is 0.658. The Labute approximate surface area is 160 Å². The van der Waals surface area contributed by atoms with Crippen molar-refractivity contribution >= 4 is 33.6 Å². The molecule has 2 rings (SSSR count). The molecule has 0 radical (unpaired) electrons. The molecule has 7 heteroatoms. The van der Waals surface area contributed by atoms with Crippen molar-refractivity contribution in [3.8, 4) is 0 Å². The van der Waals surface area contributed by atoms with E-state index in [1.54, 1.807) is 19.9 Å². The summed E-state index contributed by atoms with van der Waals surface area (Å²) in [5, 5.41) is 7.88. The number of carbonyl (C=O) groups is 2. The fraction of sp³-hybridized carbons (Fsp3) is 0.263. The standard InChI is InChI=1S/C19H21BrFN3O2/c1-12(2)17(18(25)23-16-9-8-14(20)10-15(16)21)24-19(26)22-11-13-6-4-3-5-7-13/h3-10,12,17H,11H2,1-2H3,(H,23,25)(H2,22,24,26). The van der Waals surface area contributed by atoms with Crippen molar-refractivity contribution < 1.29 is 14.0 Å². The average Bonchev–Trinajstić information content (AvgIpc) is 2.60. The summed E-state index contributed by atoms with van der Waals surface area (Å²) < 4.78 is 14.5. The molecule has 3 amide bonds. The molecule has 0 aliphatic heterocycles. The third kappa shape index (κ3) is 5.84. The minimum absolute atomic E-state index is 0.0651. The van der Waals surface area contributed by atoms with Crippen LogP contribution < -0.4 is 16.0 Å². The van der Waals surface area contributed by atoms with E-state index in [0.29, 0.717) is 11.0 Å². The molecule has 0 aliphatic rings. The number of benzene rings is 2. The molecular weight excluding hydrogens is 401 g/mol. The van der Waals surface area contributed by atoms with Crippen molar-refractivity contribution in [2.24, 2.45) is 5.92 Å². The number of urea groups is 1. The van der Waals surface area contributed by atoms with Gasteiger partial charge in [0, 0.05) is 11.0 Å². The Bertz CT molecular complexity index is 769. The summed E-state index contributed by atoms with van der Waals surface area (Å²) in [6.45, 7) is 3.96. The number of nitrogens with one attached hydrogen (secondary N) is 3. The summed E-state index contributed by atoms with van der Waals surface area (Å²) in [7, 11) is 0. The third-order valence-corrected chi connectivity index (χ3v) is 4.21. The van der Waals surface area contributed by atoms with Crippen molar-refractivity contribution in [2.75, 3.05) is 5.32 Å². The predicted molar refractivity (Wildman–Crippen MR) is 103 cm³/mol. The van der Waals surface area contributed by atoms with Gasteiger partial charge in [-0.25, -0.2) is 9.18 Å². The van der Waals surface area contributed by atoms with Crippen LogP contribution in [-0.4, -0.2) is 18.0 Å². The highest BCUT2D eigenvalue weighted by molar-refractivity contribution is 9.10. The zero-order valence-electron chi connectivity index (χ0n) is 14.6. The van der Waals surface area contributed by atoms with Gasteiger partial charge in [-0.3, -0.25) is 4.79 Å². The molecule has 26 heavy (non-hydrogen) atoms. The molecule has 0 bridgehead atoms. The van der Waals surface area contributed by atoms with Crippen LogP contribution in [0.25, 0.3) is 0 Å². The molecule has 0 saturated carbocycles. The molecule has 0 fully saturated rings. The van der Waals surface area contributed by atoms with Crippen LogP contribution in [0, 0.1) is 11.7 Å². The van der Waals surface area contributed by atoms with E-state index in [1.165, 1.54) is 12.1 Å². The molecule has 1 unspecified atom stereocenters. The maximum atomic E-state index is 13.9. The zero-order valence-corrected chi connectivity index (χ0v) is 16.1. The summed E-state index contributed by atoms with van der Waals surface area (Å²) >= 11 is 3.17. The van der Waals surface area contributed by atoms with Gasteiger partial charge in [0.25, 0.3) is 0 Å². The Morgan fingerprint density at radius 3 is 2.42 bits per heavy atom. The fourth-order valence-corrected chi connectivity index (χ4v) is 2.64. The molecule has 0 heterocycles. The summed E-state index contributed by atoms with van der Waals surface area (Å²) in [6.07, 6.45) is 0. The van der Waals surface area contributed by atoms with E-state index in [9.17, 15) is 14.0 Å². The third-order valence-electron chi connectivity index (χ3n) is 3.72. The molecule has 0 spiro atoms. The molecule has 3 N–H and O–H groups in total. The summed E-state index contributed by atoms with van der Waals surface area (Å²) in [6, 6.07) is 12.5. The van der Waals surface area contributed by atoms with Gasteiger partial charge in [0.15, 0.2) is 0 Å². The van der Waals surface area contributed by atoms with E-state index < -0.39 is 23.8 Å². The SMILES string of the molecule is CC(C)C(NC(=O)NCc1ccccc1)C(=O)Nc1ccc(Br)cc1F. The lowest BCUT2D eigenvalue weighted by Crippen LogP contribution is -2.50. The average molecular weight is 422 g/mol. The van der Waals surface area contributed by atoms with Crippen molar-refractivity contribution in [1.82, 2.24) is 10.6 Å². The number of amides is 3. The lowest BCUT2D eigenvalue weighted by atomic mass is 10.0. The van der Waals surface area contributed by atoms with Crippen LogP contribution in [0.4, 0.5) is 14.9 Å². The maximum Gasteiger partial charge on any atom is 0.315 e. The van der Waals surface area contributed by atoms with Crippen LogP contribution in [-0.2, 0) is 11.3 Å². The lowest BCUT2D eigenvalue weighted by Gasteiger charge is -2.22. The van der Waals surface area contributed by atoms with E-state index in [1.807, 2.05) is 30.3 Å². The highest BCUT2D eigenvalue weighted by Crippen LogP contribution is 2.20. The Morgan fingerprint density at radius 2 is 1.81 bits per heavy atom. The van der Waals surface area contributed by atoms with E-state index in [-0.39, 0.29) is 11.6 Å². The Balaban J connectivity index is 1.96. The first-order chi connectivity index (χ1) is 12.4. The van der Waals surface area contributed by atoms with Crippen LogP contribution in [0.5, 0.6) is 0 Å². The Kier molecular flexibility index (Phi) is 7.15. The minimum Gasteiger partial charge on any atom is -0.334 e. The number of carbonyl (C=O) groups excluding carboxylic acids is 2. The fourth-order valence-electron chi connectivity index (χ4n) is 2.31. The lowest BCUT2D eigenvalue weighted by molar-refractivity contribution is -0.118. The highest BCUT2D eigenvalue weighted by Gasteiger charge is 2.25. The monoisotopic (exact) mass is 421 g/mol. The van der Waals surface area contributed by atoms with Gasteiger partial charge in [-0.15, -0.1) is 0 Å². The molecular formula is C19H21BrFN3O2. The van der Waals surface area contributed by atoms with Crippen LogP contribution >= 0.6 is 15.9 Å². The molecule has 1 atom stereocenters. The van der Waals surface area contributed by atoms with Gasteiger partial charge in [0.2, 0.25) is 5.91 Å². The largest absolute Gasteiger partial charge is 0.334 e. The summed E-state index contributed by atoms with van der Waals surface area (Å²) in [5.41, 5.74) is 1.01. The van der Waals surface area contributed by atoms with Crippen molar-refractivity contribution in [1.29, 1.82) is 0 Å². The normalized spacial score (nSPS) is 11.7. The number of hydrogen-bond acceptors (Lipinski definition) is 2. The number of rotatable bonds is 6. The van der Waals surface area contributed by atoms with Crippen molar-refractivity contribution in [3.05, 3.63) is 64.4 Å². The van der Waals surface area contributed by atoms with Crippen LogP contribution in [0.2, 0.25) is 0 Å². The van der Waals surface area contributed by atoms with Gasteiger partial charge >= 0.3 is 6.03 Å². The van der Waals surface area contributed by atoms with Gasteiger partial charge in [-0.1, -0.05) is 60.1 Å². The van der Waals surface area contributed by atoms with E-state index in [2.05, 4.69) is 31.9 Å². The molecule has 138 valence electrons. The first-order valence-corrected chi connectivity index (χ1v) is 9.00. The van der Waals surface area contributed by atoms with Gasteiger partial charge in [0.1, 0.15) is 11.9 Å². The summed E-state index contributed by atoms with van der Waals surface area (Å²) in [4.78, 5) is 24.6. The van der Waals surface area contributed by atoms with Crippen molar-refractivity contribution in [2.45, 2.75) is 26.4 Å². The van der Waals surface area contributed by atoms with Gasteiger partial charge < -0.3 is 16.0 Å². The highest BCUT2D eigenvalue weighted by atomic mass is 79.9. The summed E-state index contributed by atoms with van der Waals surface area (Å²) in [5.74, 6) is -1.20. The maximum absolute atomic E-state index is 13.9. The Morgan fingerprint density at radius 1 is 1.12 bits per heavy atom. The van der Waals surface area contributed by atoms with Gasteiger partial charge in [0.05, 0.1) is 5.69 Å². The molecule has 5 nitrogen and oxygen atoms in total. The second-order valence-corrected chi connectivity index (χ2v) is 7.06. The topological polar surface area (TPSA) is 70.2 Å². The van der Waals surface area contributed by atoms with E-state index in [0.717, 1.165) is 5.56 Å². The minimum atomic E-state index is -0.797. The number of hydrogen-bond donors (Lipinski definition) is 3. The predicted octanol–water partition coefficient (Wildman–Crippen LogP) is 4.05. The number of halogens is 2. The first-order valence-electron chi connectivity index (χ1n) is 8.21. The Hall–Kier alpha value is -2.41. The van der Waals surface area contributed by atoms with Gasteiger partial charge in [-0.2, -0.15) is 0 Å². The van der Waals surface area contributed by atoms with Crippen LogP contribution in [0.3, 0.4) is 0 Å². The van der Waals surface area contributed by atoms with Gasteiger partial charge in [-0.05, 0) is 29.7 Å². The number of anilines is 1. The second kappa shape index (κ2) is 9.33. The molecule has 0 saturated heterocycles. The van der Waals surface area contributed by atoms with Crippen LogP contribution in [0.1, 0.15) is 19.4 Å². The molecule has 2 aromatic rings. The first kappa shape index (κ1) is 19.9.